The van der Waals surface area contributed by atoms with Crippen LogP contribution in [-0.4, -0.2) is 19.9 Å². The second-order valence-electron chi connectivity index (χ2n) is 7.73. The number of hydrogen-bond donors (Lipinski definition) is 0. The van der Waals surface area contributed by atoms with Gasteiger partial charge in [0.2, 0.25) is 0 Å². The molecule has 0 fully saturated rings. The minimum Gasteiger partial charge on any atom is -0.455 e. The summed E-state index contributed by atoms with van der Waals surface area (Å²) in [6, 6.07) is 7.88. The third-order valence-corrected chi connectivity index (χ3v) is 4.88. The van der Waals surface area contributed by atoms with Gasteiger partial charge >= 0.3 is 5.97 Å². The zero-order chi connectivity index (χ0) is 21.1. The predicted molar refractivity (Wildman–Crippen MR) is 112 cm³/mol. The van der Waals surface area contributed by atoms with Gasteiger partial charge in [-0.05, 0) is 56.0 Å². The Kier molecular flexibility index (Phi) is 5.88. The number of nitrogens with zero attached hydrogens (tertiary/aromatic N) is 4. The lowest BCUT2D eigenvalue weighted by atomic mass is 10.1. The molecule has 0 amide bonds. The molecule has 0 aliphatic carbocycles. The largest absolute Gasteiger partial charge is 0.455 e. The van der Waals surface area contributed by atoms with E-state index >= 15 is 0 Å². The Morgan fingerprint density at radius 2 is 2.10 bits per heavy atom. The van der Waals surface area contributed by atoms with Crippen LogP contribution in [0.25, 0.3) is 11.7 Å². The van der Waals surface area contributed by atoms with Crippen LogP contribution in [0.1, 0.15) is 42.1 Å². The minimum atomic E-state index is -0.644. The van der Waals surface area contributed by atoms with Crippen LogP contribution in [0, 0.1) is 38.0 Å². The highest BCUT2D eigenvalue weighted by atomic mass is 16.5. The molecule has 0 radical (unpaired) electrons. The minimum absolute atomic E-state index is 0.0188. The molecule has 0 N–H and O–H groups in total. The van der Waals surface area contributed by atoms with Gasteiger partial charge in [-0.15, -0.1) is 0 Å². The molecule has 150 valence electrons. The Balaban J connectivity index is 1.76. The summed E-state index contributed by atoms with van der Waals surface area (Å²) < 4.78 is 9.45. The first-order valence-corrected chi connectivity index (χ1v) is 9.69. The molecule has 0 saturated carbocycles. The van der Waals surface area contributed by atoms with E-state index in [4.69, 9.17) is 4.74 Å². The number of ether oxygens (including phenoxy) is 1. The number of esters is 1. The molecular weight excluding hydrogens is 364 g/mol. The van der Waals surface area contributed by atoms with Crippen molar-refractivity contribution in [3.8, 4) is 6.07 Å². The van der Waals surface area contributed by atoms with E-state index in [0.29, 0.717) is 11.6 Å². The summed E-state index contributed by atoms with van der Waals surface area (Å²) in [5.74, 6) is -0.138. The van der Waals surface area contributed by atoms with E-state index in [1.807, 2.05) is 61.8 Å². The average Bonchev–Trinajstić information content (AvgIpc) is 3.21. The maximum atomic E-state index is 12.5. The van der Waals surface area contributed by atoms with Gasteiger partial charge in [-0.25, -0.2) is 9.78 Å². The van der Waals surface area contributed by atoms with Crippen LogP contribution < -0.4 is 0 Å². The average molecular weight is 390 g/mol. The SMILES string of the molecule is Cc1cccn2cc(COC(=O)/C(C#N)=C/c3cc(C)n(CC(C)C)c3C)nc12. The summed E-state index contributed by atoms with van der Waals surface area (Å²) in [6.07, 6.45) is 5.33. The maximum absolute atomic E-state index is 12.5. The van der Waals surface area contributed by atoms with Crippen LogP contribution in [-0.2, 0) is 22.7 Å². The second kappa shape index (κ2) is 8.36. The first-order valence-electron chi connectivity index (χ1n) is 9.69. The van der Waals surface area contributed by atoms with E-state index in [2.05, 4.69) is 23.4 Å². The van der Waals surface area contributed by atoms with Crippen LogP contribution in [0.3, 0.4) is 0 Å². The quantitative estimate of drug-likeness (QED) is 0.356. The van der Waals surface area contributed by atoms with E-state index in [1.54, 1.807) is 6.08 Å². The fourth-order valence-electron chi connectivity index (χ4n) is 3.40. The number of rotatable bonds is 6. The summed E-state index contributed by atoms with van der Waals surface area (Å²) in [5.41, 5.74) is 5.49. The fourth-order valence-corrected chi connectivity index (χ4v) is 3.40. The Morgan fingerprint density at radius 1 is 1.34 bits per heavy atom. The van der Waals surface area contributed by atoms with Gasteiger partial charge in [0.1, 0.15) is 23.9 Å². The van der Waals surface area contributed by atoms with E-state index in [9.17, 15) is 10.1 Å². The standard InChI is InChI=1S/C23H26N4O2/c1-15(2)12-27-17(4)9-19(18(27)5)10-20(11-24)23(28)29-14-21-13-26-8-6-7-16(3)22(26)25-21/h6-10,13,15H,12,14H2,1-5H3/b20-10+. The van der Waals surface area contributed by atoms with Gasteiger partial charge in [-0.1, -0.05) is 19.9 Å². The lowest BCUT2D eigenvalue weighted by Crippen LogP contribution is -2.08. The summed E-state index contributed by atoms with van der Waals surface area (Å²) >= 11 is 0. The number of imidazole rings is 1. The highest BCUT2D eigenvalue weighted by molar-refractivity contribution is 5.98. The van der Waals surface area contributed by atoms with E-state index in [-0.39, 0.29) is 12.2 Å². The number of pyridine rings is 1. The number of carbonyl (C=O) groups is 1. The fraction of sp³-hybridized carbons (Fsp3) is 0.348. The first-order chi connectivity index (χ1) is 13.8. The van der Waals surface area contributed by atoms with Gasteiger partial charge in [0, 0.05) is 30.3 Å². The third kappa shape index (κ3) is 4.40. The number of aryl methyl sites for hydroxylation is 2. The number of hydrogen-bond acceptors (Lipinski definition) is 4. The zero-order valence-corrected chi connectivity index (χ0v) is 17.6. The Hall–Kier alpha value is -3.33. The van der Waals surface area contributed by atoms with Crippen molar-refractivity contribution in [1.82, 2.24) is 14.0 Å². The molecule has 0 unspecified atom stereocenters. The van der Waals surface area contributed by atoms with Crippen LogP contribution in [0.5, 0.6) is 0 Å². The van der Waals surface area contributed by atoms with Crippen LogP contribution in [0.2, 0.25) is 0 Å². The molecule has 3 aromatic rings. The van der Waals surface area contributed by atoms with Crippen molar-refractivity contribution in [2.45, 2.75) is 47.8 Å². The van der Waals surface area contributed by atoms with Crippen molar-refractivity contribution in [2.75, 3.05) is 0 Å². The van der Waals surface area contributed by atoms with Crippen molar-refractivity contribution >= 4 is 17.7 Å². The molecule has 0 aliphatic heterocycles. The van der Waals surface area contributed by atoms with E-state index < -0.39 is 5.97 Å². The molecule has 6 nitrogen and oxygen atoms in total. The van der Waals surface area contributed by atoms with Gasteiger partial charge in [0.05, 0.1) is 5.69 Å². The smallest absolute Gasteiger partial charge is 0.349 e. The third-order valence-electron chi connectivity index (χ3n) is 4.88. The Bertz CT molecular complexity index is 1130. The molecule has 6 heteroatoms. The van der Waals surface area contributed by atoms with Gasteiger partial charge in [0.25, 0.3) is 0 Å². The van der Waals surface area contributed by atoms with Crippen molar-refractivity contribution in [2.24, 2.45) is 5.92 Å². The highest BCUT2D eigenvalue weighted by Crippen LogP contribution is 2.20. The molecule has 3 aromatic heterocycles. The lowest BCUT2D eigenvalue weighted by molar-refractivity contribution is -0.139. The van der Waals surface area contributed by atoms with E-state index in [0.717, 1.165) is 34.7 Å². The molecular formula is C23H26N4O2. The number of fused-ring (bicyclic) bond motifs is 1. The second-order valence-corrected chi connectivity index (χ2v) is 7.73. The number of carbonyl (C=O) groups excluding carboxylic acids is 1. The Labute approximate surface area is 171 Å². The lowest BCUT2D eigenvalue weighted by Gasteiger charge is -2.12. The number of nitriles is 1. The summed E-state index contributed by atoms with van der Waals surface area (Å²) in [7, 11) is 0. The van der Waals surface area contributed by atoms with Crippen LogP contribution in [0.15, 0.2) is 36.2 Å². The summed E-state index contributed by atoms with van der Waals surface area (Å²) in [4.78, 5) is 17.0. The van der Waals surface area contributed by atoms with Gasteiger partial charge < -0.3 is 13.7 Å². The molecule has 0 saturated heterocycles. The first kappa shape index (κ1) is 20.4. The normalized spacial score (nSPS) is 11.8. The Morgan fingerprint density at radius 3 is 2.76 bits per heavy atom. The molecule has 3 heterocycles. The maximum Gasteiger partial charge on any atom is 0.349 e. The van der Waals surface area contributed by atoms with Crippen molar-refractivity contribution in [1.29, 1.82) is 5.26 Å². The molecule has 0 bridgehead atoms. The predicted octanol–water partition coefficient (Wildman–Crippen LogP) is 4.37. The molecule has 0 spiro atoms. The topological polar surface area (TPSA) is 72.3 Å². The molecule has 3 rings (SSSR count). The molecule has 29 heavy (non-hydrogen) atoms. The van der Waals surface area contributed by atoms with Crippen molar-refractivity contribution in [3.05, 3.63) is 64.4 Å². The van der Waals surface area contributed by atoms with E-state index in [1.165, 1.54) is 0 Å². The summed E-state index contributed by atoms with van der Waals surface area (Å²) in [6.45, 7) is 11.2. The summed E-state index contributed by atoms with van der Waals surface area (Å²) in [5, 5.41) is 9.47. The van der Waals surface area contributed by atoms with Crippen molar-refractivity contribution < 1.29 is 9.53 Å². The van der Waals surface area contributed by atoms with Gasteiger partial charge in [0.15, 0.2) is 0 Å². The van der Waals surface area contributed by atoms with Gasteiger partial charge in [-0.3, -0.25) is 0 Å². The zero-order valence-electron chi connectivity index (χ0n) is 17.6. The molecule has 0 atom stereocenters. The highest BCUT2D eigenvalue weighted by Gasteiger charge is 2.15. The van der Waals surface area contributed by atoms with Gasteiger partial charge in [-0.2, -0.15) is 5.26 Å². The molecule has 0 aliphatic rings. The van der Waals surface area contributed by atoms with Crippen LogP contribution in [0.4, 0.5) is 0 Å². The number of aromatic nitrogens is 3. The monoisotopic (exact) mass is 390 g/mol. The molecule has 0 aromatic carbocycles. The van der Waals surface area contributed by atoms with Crippen molar-refractivity contribution in [3.63, 3.8) is 0 Å². The van der Waals surface area contributed by atoms with Crippen LogP contribution >= 0.6 is 0 Å².